The second-order valence-corrected chi connectivity index (χ2v) is 11.4. The first-order chi connectivity index (χ1) is 15.9. The summed E-state index contributed by atoms with van der Waals surface area (Å²) in [5.41, 5.74) is 0.451. The van der Waals surface area contributed by atoms with Crippen LogP contribution in [0.3, 0.4) is 0 Å². The molecule has 11 heteroatoms. The molecular formula is C23H33O10P. The highest BCUT2D eigenvalue weighted by Crippen LogP contribution is 2.55. The van der Waals surface area contributed by atoms with Gasteiger partial charge in [-0.3, -0.25) is 13.8 Å². The standard InChI is InChI=1S/C23H33O10P/c1-13(2)27-16-17-19(30-22(3,4)28-17)21(20-18(16)29-23(5,6)31-20)33-34(25,26-7)32-15-10-8-14(12-24)9-11-15/h8-13,16-21H,1-7H3/t16?,17-,18+,19-,20-,21?,34?/m1/s1. The molecule has 34 heavy (non-hydrogen) atoms. The summed E-state index contributed by atoms with van der Waals surface area (Å²) in [6.45, 7) is 11.0. The number of carbonyl (C=O) groups excluding carboxylic acids is 1. The van der Waals surface area contributed by atoms with E-state index in [1.165, 1.54) is 31.4 Å². The lowest BCUT2D eigenvalue weighted by molar-refractivity contribution is -0.195. The molecule has 0 spiro atoms. The maximum absolute atomic E-state index is 13.6. The number of phosphoric acid groups is 1. The summed E-state index contributed by atoms with van der Waals surface area (Å²) < 4.78 is 61.4. The average Bonchev–Trinajstić information content (AvgIpc) is 3.25. The van der Waals surface area contributed by atoms with Gasteiger partial charge in [-0.05, 0) is 65.8 Å². The van der Waals surface area contributed by atoms with E-state index in [0.29, 0.717) is 11.8 Å². The van der Waals surface area contributed by atoms with Gasteiger partial charge in [0.15, 0.2) is 11.6 Å². The number of hydrogen-bond donors (Lipinski definition) is 0. The first-order valence-electron chi connectivity index (χ1n) is 11.3. The van der Waals surface area contributed by atoms with Gasteiger partial charge in [0.2, 0.25) is 0 Å². The molecule has 190 valence electrons. The molecule has 2 heterocycles. The minimum Gasteiger partial charge on any atom is -0.404 e. The molecule has 3 fully saturated rings. The monoisotopic (exact) mass is 500 g/mol. The van der Waals surface area contributed by atoms with E-state index in [4.69, 9.17) is 37.3 Å². The molecule has 0 amide bonds. The number of benzene rings is 1. The first-order valence-corrected chi connectivity index (χ1v) is 12.8. The fourth-order valence-electron chi connectivity index (χ4n) is 4.60. The lowest BCUT2D eigenvalue weighted by Crippen LogP contribution is -2.63. The van der Waals surface area contributed by atoms with Gasteiger partial charge >= 0.3 is 7.82 Å². The van der Waals surface area contributed by atoms with Gasteiger partial charge < -0.3 is 28.2 Å². The molecule has 0 bridgehead atoms. The zero-order chi connectivity index (χ0) is 24.9. The van der Waals surface area contributed by atoms with E-state index in [0.717, 1.165) is 0 Å². The van der Waals surface area contributed by atoms with Crippen molar-refractivity contribution >= 4 is 14.1 Å². The zero-order valence-electron chi connectivity index (χ0n) is 20.5. The van der Waals surface area contributed by atoms with Gasteiger partial charge in [0.25, 0.3) is 0 Å². The summed E-state index contributed by atoms with van der Waals surface area (Å²) in [5, 5.41) is 0. The van der Waals surface area contributed by atoms with Crippen LogP contribution < -0.4 is 4.52 Å². The maximum atomic E-state index is 13.6. The molecule has 2 aliphatic heterocycles. The molecule has 3 unspecified atom stereocenters. The van der Waals surface area contributed by atoms with Crippen molar-refractivity contribution in [3.05, 3.63) is 29.8 Å². The van der Waals surface area contributed by atoms with Gasteiger partial charge in [0, 0.05) is 12.7 Å². The van der Waals surface area contributed by atoms with E-state index in [2.05, 4.69) is 0 Å². The fourth-order valence-corrected chi connectivity index (χ4v) is 5.72. The third-order valence-electron chi connectivity index (χ3n) is 5.76. The predicted octanol–water partition coefficient (Wildman–Crippen LogP) is 3.87. The van der Waals surface area contributed by atoms with Crippen LogP contribution in [0.5, 0.6) is 5.75 Å². The van der Waals surface area contributed by atoms with Crippen LogP contribution >= 0.6 is 7.82 Å². The lowest BCUT2D eigenvalue weighted by atomic mass is 9.85. The van der Waals surface area contributed by atoms with Crippen molar-refractivity contribution in [2.24, 2.45) is 0 Å². The third-order valence-corrected chi connectivity index (χ3v) is 7.14. The van der Waals surface area contributed by atoms with E-state index in [1.54, 1.807) is 27.7 Å². The number of hydrogen-bond acceptors (Lipinski definition) is 10. The number of rotatable bonds is 8. The second-order valence-electron chi connectivity index (χ2n) is 9.76. The Balaban J connectivity index is 1.65. The summed E-state index contributed by atoms with van der Waals surface area (Å²) in [6, 6.07) is 6.09. The average molecular weight is 500 g/mol. The predicted molar refractivity (Wildman–Crippen MR) is 120 cm³/mol. The van der Waals surface area contributed by atoms with Crippen LogP contribution in [-0.4, -0.2) is 67.7 Å². The number of fused-ring (bicyclic) bond motifs is 2. The molecule has 3 aliphatic rings. The number of carbonyl (C=O) groups is 1. The molecule has 4 rings (SSSR count). The minimum atomic E-state index is -4.14. The van der Waals surface area contributed by atoms with E-state index in [9.17, 15) is 9.36 Å². The highest BCUT2D eigenvalue weighted by molar-refractivity contribution is 7.48. The third kappa shape index (κ3) is 5.24. The Morgan fingerprint density at radius 2 is 1.35 bits per heavy atom. The summed E-state index contributed by atoms with van der Waals surface area (Å²) in [6.07, 6.45) is -3.35. The Kier molecular flexibility index (Phi) is 7.01. The number of phosphoric ester groups is 1. The molecule has 1 saturated carbocycles. The minimum absolute atomic E-state index is 0.105. The molecule has 0 N–H and O–H groups in total. The molecule has 0 aromatic heterocycles. The van der Waals surface area contributed by atoms with Gasteiger partial charge in [-0.25, -0.2) is 4.57 Å². The highest BCUT2D eigenvalue weighted by Gasteiger charge is 2.65. The van der Waals surface area contributed by atoms with E-state index < -0.39 is 56.0 Å². The van der Waals surface area contributed by atoms with Crippen LogP contribution in [0.15, 0.2) is 24.3 Å². The smallest absolute Gasteiger partial charge is 0.404 e. The molecule has 1 aromatic rings. The van der Waals surface area contributed by atoms with Crippen molar-refractivity contribution in [1.82, 2.24) is 0 Å². The molecule has 7 atom stereocenters. The largest absolute Gasteiger partial charge is 0.530 e. The molecule has 1 aliphatic carbocycles. The van der Waals surface area contributed by atoms with E-state index in [-0.39, 0.29) is 11.9 Å². The van der Waals surface area contributed by atoms with Gasteiger partial charge in [0.05, 0.1) is 6.10 Å². The second kappa shape index (κ2) is 9.26. The number of aldehydes is 1. The van der Waals surface area contributed by atoms with Crippen LogP contribution in [0.2, 0.25) is 0 Å². The van der Waals surface area contributed by atoms with Gasteiger partial charge in [-0.15, -0.1) is 0 Å². The lowest BCUT2D eigenvalue weighted by Gasteiger charge is -2.43. The Bertz CT molecular complexity index is 898. The fraction of sp³-hybridized carbons (Fsp3) is 0.696. The van der Waals surface area contributed by atoms with Crippen molar-refractivity contribution in [3.63, 3.8) is 0 Å². The van der Waals surface area contributed by atoms with Crippen LogP contribution in [0.4, 0.5) is 0 Å². The van der Waals surface area contributed by atoms with Gasteiger partial charge in [-0.2, -0.15) is 0 Å². The Morgan fingerprint density at radius 1 is 0.882 bits per heavy atom. The molecule has 2 saturated heterocycles. The van der Waals surface area contributed by atoms with Crippen molar-refractivity contribution in [1.29, 1.82) is 0 Å². The Morgan fingerprint density at radius 3 is 1.76 bits per heavy atom. The molecular weight excluding hydrogens is 467 g/mol. The summed E-state index contributed by atoms with van der Waals surface area (Å²) in [5.74, 6) is -1.66. The number of ether oxygens (including phenoxy) is 5. The van der Waals surface area contributed by atoms with Crippen molar-refractivity contribution in [3.8, 4) is 5.75 Å². The van der Waals surface area contributed by atoms with Crippen molar-refractivity contribution in [2.45, 2.75) is 95.8 Å². The van der Waals surface area contributed by atoms with Crippen molar-refractivity contribution in [2.75, 3.05) is 7.11 Å². The van der Waals surface area contributed by atoms with E-state index in [1.807, 2.05) is 13.8 Å². The molecule has 0 radical (unpaired) electrons. The Labute approximate surface area is 199 Å². The van der Waals surface area contributed by atoms with Crippen LogP contribution in [0.25, 0.3) is 0 Å². The first kappa shape index (κ1) is 25.7. The topological polar surface area (TPSA) is 108 Å². The normalized spacial score (nSPS) is 35.4. The van der Waals surface area contributed by atoms with Crippen molar-refractivity contribution < 1.29 is 46.6 Å². The van der Waals surface area contributed by atoms with Gasteiger partial charge in [0.1, 0.15) is 48.7 Å². The quantitative estimate of drug-likeness (QED) is 0.386. The summed E-state index contributed by atoms with van der Waals surface area (Å²) >= 11 is 0. The highest BCUT2D eigenvalue weighted by atomic mass is 31.2. The summed E-state index contributed by atoms with van der Waals surface area (Å²) in [7, 11) is -2.91. The van der Waals surface area contributed by atoms with Gasteiger partial charge in [-0.1, -0.05) is 0 Å². The van der Waals surface area contributed by atoms with Crippen LogP contribution in [-0.2, 0) is 37.3 Å². The van der Waals surface area contributed by atoms with Crippen LogP contribution in [0, 0.1) is 0 Å². The van der Waals surface area contributed by atoms with Crippen LogP contribution in [0.1, 0.15) is 51.9 Å². The maximum Gasteiger partial charge on any atom is 0.530 e. The Hall–Kier alpha value is -1.36. The van der Waals surface area contributed by atoms with E-state index >= 15 is 0 Å². The zero-order valence-corrected chi connectivity index (χ0v) is 21.4. The molecule has 1 aromatic carbocycles. The summed E-state index contributed by atoms with van der Waals surface area (Å²) in [4.78, 5) is 10.9. The SMILES string of the molecule is COP(=O)(Oc1ccc(C=O)cc1)OC1[C@@H]2OC(C)(C)O[C@@H]2C(OC(C)C)[C@@H]2OC(C)(C)O[C@@H]12. The molecule has 10 nitrogen and oxygen atoms in total.